The largest absolute Gasteiger partial charge is 0.397 e. The first-order valence-corrected chi connectivity index (χ1v) is 4.40. The summed E-state index contributed by atoms with van der Waals surface area (Å²) in [6, 6.07) is 7.25. The van der Waals surface area contributed by atoms with Gasteiger partial charge in [0.05, 0.1) is 11.5 Å². The van der Waals surface area contributed by atoms with E-state index in [2.05, 4.69) is 11.9 Å². The second-order valence-corrected chi connectivity index (χ2v) is 3.22. The van der Waals surface area contributed by atoms with Crippen molar-refractivity contribution < 1.29 is 0 Å². The van der Waals surface area contributed by atoms with Crippen LogP contribution < -0.4 is 16.8 Å². The van der Waals surface area contributed by atoms with E-state index in [1.165, 1.54) is 0 Å². The summed E-state index contributed by atoms with van der Waals surface area (Å²) in [6.45, 7) is 3.48. The van der Waals surface area contributed by atoms with Crippen LogP contribution in [0.4, 0.5) is 0 Å². The Bertz CT molecular complexity index is 371. The molecule has 0 radical (unpaired) electrons. The molecule has 0 heterocycles. The van der Waals surface area contributed by atoms with E-state index in [0.29, 0.717) is 16.5 Å². The highest BCUT2D eigenvalue weighted by Gasteiger charge is 1.96. The van der Waals surface area contributed by atoms with Crippen LogP contribution in [0.1, 0.15) is 5.56 Å². The van der Waals surface area contributed by atoms with Crippen molar-refractivity contribution in [1.82, 2.24) is 5.32 Å². The van der Waals surface area contributed by atoms with Gasteiger partial charge in [-0.05, 0) is 12.1 Å². The fourth-order valence-electron chi connectivity index (χ4n) is 0.922. The Kier molecular flexibility index (Phi) is 3.42. The third kappa shape index (κ3) is 3.03. The van der Waals surface area contributed by atoms with E-state index in [1.807, 2.05) is 12.1 Å². The molecule has 1 aromatic rings. The topological polar surface area (TPSA) is 64.1 Å². The number of nitrogens with two attached hydrogens (primary N) is 2. The Morgan fingerprint density at radius 2 is 2.14 bits per heavy atom. The number of nitrogens with one attached hydrogen (secondary N) is 1. The molecule has 74 valence electrons. The second-order valence-electron chi connectivity index (χ2n) is 2.78. The maximum absolute atomic E-state index is 5.81. The number of hydrogen-bond donors (Lipinski definition) is 3. The van der Waals surface area contributed by atoms with Gasteiger partial charge in [0.25, 0.3) is 0 Å². The molecule has 4 heteroatoms. The highest BCUT2D eigenvalue weighted by molar-refractivity contribution is 6.30. The van der Waals surface area contributed by atoms with E-state index in [9.17, 15) is 0 Å². The normalized spacial score (nSPS) is 11.1. The summed E-state index contributed by atoms with van der Waals surface area (Å²) in [6.07, 6.45) is 1.58. The number of rotatable bonds is 3. The first kappa shape index (κ1) is 10.5. The highest BCUT2D eigenvalue weighted by atomic mass is 35.5. The van der Waals surface area contributed by atoms with Gasteiger partial charge in [0.1, 0.15) is 0 Å². The molecule has 0 aliphatic carbocycles. The molecule has 1 aromatic carbocycles. The average Bonchev–Trinajstić information content (AvgIpc) is 2.14. The van der Waals surface area contributed by atoms with E-state index < -0.39 is 0 Å². The highest BCUT2D eigenvalue weighted by Crippen LogP contribution is 2.14. The molecule has 5 N–H and O–H groups in total. The van der Waals surface area contributed by atoms with Gasteiger partial charge in [-0.3, -0.25) is 0 Å². The minimum atomic E-state index is 0.343. The van der Waals surface area contributed by atoms with Gasteiger partial charge in [-0.1, -0.05) is 30.3 Å². The Morgan fingerprint density at radius 1 is 1.43 bits per heavy atom. The lowest BCUT2D eigenvalue weighted by Crippen LogP contribution is -2.14. The monoisotopic (exact) mass is 209 g/mol. The Hall–Kier alpha value is -1.61. The van der Waals surface area contributed by atoms with Crippen LogP contribution >= 0.6 is 11.6 Å². The van der Waals surface area contributed by atoms with Crippen molar-refractivity contribution in [3.05, 3.63) is 53.5 Å². The molecule has 0 atom stereocenters. The van der Waals surface area contributed by atoms with Crippen molar-refractivity contribution in [3.63, 3.8) is 0 Å². The van der Waals surface area contributed by atoms with Crippen LogP contribution in [0, 0.1) is 0 Å². The SMILES string of the molecule is C=C(N)N/C=C(\N)c1cccc(Cl)c1. The van der Waals surface area contributed by atoms with Gasteiger partial charge in [0.15, 0.2) is 0 Å². The summed E-state index contributed by atoms with van der Waals surface area (Å²) < 4.78 is 0. The molecular formula is C10H12ClN3. The fraction of sp³-hybridized carbons (Fsp3) is 0. The first-order valence-electron chi connectivity index (χ1n) is 4.02. The third-order valence-electron chi connectivity index (χ3n) is 1.57. The second kappa shape index (κ2) is 4.58. The van der Waals surface area contributed by atoms with Gasteiger partial charge in [-0.15, -0.1) is 0 Å². The molecule has 0 aromatic heterocycles. The van der Waals surface area contributed by atoms with Gasteiger partial charge in [0, 0.05) is 16.8 Å². The summed E-state index contributed by atoms with van der Waals surface area (Å²) in [5, 5.41) is 3.36. The zero-order chi connectivity index (χ0) is 10.6. The van der Waals surface area contributed by atoms with Gasteiger partial charge in [0.2, 0.25) is 0 Å². The molecule has 0 saturated carbocycles. The summed E-state index contributed by atoms with van der Waals surface area (Å²) in [5.41, 5.74) is 12.5. The molecule has 0 aliphatic heterocycles. The van der Waals surface area contributed by atoms with E-state index in [1.54, 1.807) is 18.3 Å². The quantitative estimate of drug-likeness (QED) is 0.709. The maximum atomic E-state index is 5.81. The predicted molar refractivity (Wildman–Crippen MR) is 60.1 cm³/mol. The maximum Gasteiger partial charge on any atom is 0.0926 e. The Labute approximate surface area is 88.0 Å². The molecule has 1 rings (SSSR count). The van der Waals surface area contributed by atoms with E-state index in [-0.39, 0.29) is 0 Å². The molecule has 14 heavy (non-hydrogen) atoms. The molecule has 0 amide bonds. The van der Waals surface area contributed by atoms with Crippen LogP contribution in [0.3, 0.4) is 0 Å². The zero-order valence-corrected chi connectivity index (χ0v) is 8.38. The van der Waals surface area contributed by atoms with E-state index in [0.717, 1.165) is 5.56 Å². The molecule has 0 aliphatic rings. The van der Waals surface area contributed by atoms with Crippen LogP contribution in [0.15, 0.2) is 42.9 Å². The smallest absolute Gasteiger partial charge is 0.0926 e. The summed E-state index contributed by atoms with van der Waals surface area (Å²) in [7, 11) is 0. The lowest BCUT2D eigenvalue weighted by atomic mass is 10.2. The number of halogens is 1. The van der Waals surface area contributed by atoms with Gasteiger partial charge >= 0.3 is 0 Å². The standard InChI is InChI=1S/C10H12ClN3/c1-7(12)14-6-10(13)8-3-2-4-9(11)5-8/h2-6,14H,1,12-13H2/b10-6-. The summed E-state index contributed by atoms with van der Waals surface area (Å²) >= 11 is 5.81. The van der Waals surface area contributed by atoms with Crippen molar-refractivity contribution in [3.8, 4) is 0 Å². The van der Waals surface area contributed by atoms with Crippen molar-refractivity contribution >= 4 is 17.3 Å². The first-order chi connectivity index (χ1) is 6.59. The lowest BCUT2D eigenvalue weighted by Gasteiger charge is -2.03. The molecule has 0 saturated heterocycles. The molecule has 0 unspecified atom stereocenters. The van der Waals surface area contributed by atoms with Crippen molar-refractivity contribution in [2.75, 3.05) is 0 Å². The molecule has 0 bridgehead atoms. The van der Waals surface area contributed by atoms with Crippen molar-refractivity contribution in [2.45, 2.75) is 0 Å². The van der Waals surface area contributed by atoms with Crippen LogP contribution in [-0.4, -0.2) is 0 Å². The predicted octanol–water partition coefficient (Wildman–Crippen LogP) is 1.62. The van der Waals surface area contributed by atoms with E-state index in [4.69, 9.17) is 23.1 Å². The van der Waals surface area contributed by atoms with Crippen LogP contribution in [0.2, 0.25) is 5.02 Å². The summed E-state index contributed by atoms with van der Waals surface area (Å²) in [5.74, 6) is 0.343. The molecule has 3 nitrogen and oxygen atoms in total. The Balaban J connectivity index is 2.83. The minimum Gasteiger partial charge on any atom is -0.397 e. The Morgan fingerprint density at radius 3 is 2.71 bits per heavy atom. The number of benzene rings is 1. The fourth-order valence-corrected chi connectivity index (χ4v) is 1.11. The molecule has 0 fully saturated rings. The summed E-state index contributed by atoms with van der Waals surface area (Å²) in [4.78, 5) is 0. The minimum absolute atomic E-state index is 0.343. The third-order valence-corrected chi connectivity index (χ3v) is 1.81. The van der Waals surface area contributed by atoms with Crippen LogP contribution in [0.5, 0.6) is 0 Å². The van der Waals surface area contributed by atoms with Crippen molar-refractivity contribution in [2.24, 2.45) is 11.5 Å². The number of hydrogen-bond acceptors (Lipinski definition) is 3. The molecular weight excluding hydrogens is 198 g/mol. The zero-order valence-electron chi connectivity index (χ0n) is 7.63. The van der Waals surface area contributed by atoms with Gasteiger partial charge in [-0.2, -0.15) is 0 Å². The van der Waals surface area contributed by atoms with Crippen LogP contribution in [-0.2, 0) is 0 Å². The van der Waals surface area contributed by atoms with Crippen molar-refractivity contribution in [1.29, 1.82) is 0 Å². The van der Waals surface area contributed by atoms with Gasteiger partial charge < -0.3 is 16.8 Å². The van der Waals surface area contributed by atoms with Gasteiger partial charge in [-0.25, -0.2) is 0 Å². The van der Waals surface area contributed by atoms with E-state index >= 15 is 0 Å². The molecule has 0 spiro atoms. The van der Waals surface area contributed by atoms with Crippen LogP contribution in [0.25, 0.3) is 5.70 Å². The average molecular weight is 210 g/mol. The lowest BCUT2D eigenvalue weighted by molar-refractivity contribution is 1.04.